The number of fused-ring (bicyclic) bond motifs is 1. The Kier molecular flexibility index (Phi) is 2.34. The lowest BCUT2D eigenvalue weighted by atomic mass is 10.2. The van der Waals surface area contributed by atoms with Crippen LogP contribution >= 0.6 is 0 Å². The first-order chi connectivity index (χ1) is 7.45. The Morgan fingerprint density at radius 3 is 2.75 bits per heavy atom. The fraction of sp³-hybridized carbons (Fsp3) is 0.333. The van der Waals surface area contributed by atoms with E-state index in [0.29, 0.717) is 17.8 Å². The second-order valence-corrected chi connectivity index (χ2v) is 5.38. The largest absolute Gasteiger partial charge is 0.270 e. The van der Waals surface area contributed by atoms with Gasteiger partial charge in [-0.15, -0.1) is 0 Å². The quantitative estimate of drug-likeness (QED) is 0.577. The number of hydrogen-bond donors (Lipinski definition) is 0. The van der Waals surface area contributed by atoms with Crippen LogP contribution < -0.4 is 4.31 Å². The summed E-state index contributed by atoms with van der Waals surface area (Å²) in [6, 6.07) is 4.13. The Balaban J connectivity index is 2.55. The molecule has 16 heavy (non-hydrogen) atoms. The first-order valence-electron chi connectivity index (χ1n) is 4.73. The highest BCUT2D eigenvalue weighted by molar-refractivity contribution is 7.92. The number of sulfonamides is 1. The third-order valence-corrected chi connectivity index (χ3v) is 4.31. The van der Waals surface area contributed by atoms with E-state index in [1.54, 1.807) is 6.92 Å². The van der Waals surface area contributed by atoms with Gasteiger partial charge in [0.1, 0.15) is 0 Å². The Morgan fingerprint density at radius 2 is 2.19 bits per heavy atom. The molecule has 0 N–H and O–H groups in total. The molecule has 0 radical (unpaired) electrons. The molecule has 86 valence electrons. The molecule has 0 atom stereocenters. The maximum Gasteiger partial charge on any atom is 0.269 e. The minimum Gasteiger partial charge on any atom is -0.270 e. The van der Waals surface area contributed by atoms with Crippen molar-refractivity contribution in [3.8, 4) is 0 Å². The van der Waals surface area contributed by atoms with Crippen LogP contribution in [0.2, 0.25) is 0 Å². The number of nitro groups is 1. The maximum absolute atomic E-state index is 11.7. The van der Waals surface area contributed by atoms with Crippen LogP contribution in [0.5, 0.6) is 0 Å². The molecular weight excluding hydrogens is 232 g/mol. The molecule has 0 fully saturated rings. The summed E-state index contributed by atoms with van der Waals surface area (Å²) < 4.78 is 24.6. The number of benzene rings is 1. The van der Waals surface area contributed by atoms with E-state index >= 15 is 0 Å². The number of non-ortho nitro benzene ring substituents is 1. The van der Waals surface area contributed by atoms with E-state index in [4.69, 9.17) is 0 Å². The van der Waals surface area contributed by atoms with Crippen molar-refractivity contribution in [2.45, 2.75) is 12.7 Å². The van der Waals surface area contributed by atoms with Gasteiger partial charge in [0.15, 0.2) is 0 Å². The zero-order valence-electron chi connectivity index (χ0n) is 8.58. The molecule has 1 aliphatic rings. The van der Waals surface area contributed by atoms with Crippen molar-refractivity contribution in [2.75, 3.05) is 10.8 Å². The van der Waals surface area contributed by atoms with Gasteiger partial charge in [0.05, 0.1) is 16.4 Å². The molecule has 0 spiro atoms. The highest BCUT2D eigenvalue weighted by Gasteiger charge is 2.32. The Labute approximate surface area is 92.7 Å². The summed E-state index contributed by atoms with van der Waals surface area (Å²) in [6.45, 7) is 2.07. The fourth-order valence-electron chi connectivity index (χ4n) is 1.84. The summed E-state index contributed by atoms with van der Waals surface area (Å²) in [5.41, 5.74) is 0.969. The Hall–Kier alpha value is -1.63. The SMILES string of the molecule is CCN1c2ccc([N+](=O)[O-])cc2CS1(=O)=O. The van der Waals surface area contributed by atoms with Crippen LogP contribution in [0.3, 0.4) is 0 Å². The summed E-state index contributed by atoms with van der Waals surface area (Å²) in [5, 5.41) is 10.6. The lowest BCUT2D eigenvalue weighted by Gasteiger charge is -2.14. The van der Waals surface area contributed by atoms with E-state index < -0.39 is 14.9 Å². The van der Waals surface area contributed by atoms with Crippen molar-refractivity contribution in [1.82, 2.24) is 0 Å². The van der Waals surface area contributed by atoms with Gasteiger partial charge in [-0.3, -0.25) is 14.4 Å². The summed E-state index contributed by atoms with van der Waals surface area (Å²) in [7, 11) is -3.33. The van der Waals surface area contributed by atoms with Gasteiger partial charge < -0.3 is 0 Å². The van der Waals surface area contributed by atoms with Crippen LogP contribution in [0.1, 0.15) is 12.5 Å². The third-order valence-electron chi connectivity index (χ3n) is 2.50. The van der Waals surface area contributed by atoms with Crippen molar-refractivity contribution in [2.24, 2.45) is 0 Å². The van der Waals surface area contributed by atoms with E-state index in [2.05, 4.69) is 0 Å². The second-order valence-electron chi connectivity index (χ2n) is 3.49. The minimum absolute atomic E-state index is 0.0769. The van der Waals surface area contributed by atoms with Crippen LogP contribution in [-0.4, -0.2) is 19.9 Å². The molecule has 2 rings (SSSR count). The van der Waals surface area contributed by atoms with Crippen LogP contribution in [0.15, 0.2) is 18.2 Å². The first kappa shape index (κ1) is 10.9. The van der Waals surface area contributed by atoms with Gasteiger partial charge in [-0.25, -0.2) is 8.42 Å². The fourth-order valence-corrected chi connectivity index (χ4v) is 3.49. The molecule has 0 bridgehead atoms. The van der Waals surface area contributed by atoms with Gasteiger partial charge in [-0.05, 0) is 13.0 Å². The zero-order valence-corrected chi connectivity index (χ0v) is 9.40. The Morgan fingerprint density at radius 1 is 1.50 bits per heavy atom. The highest BCUT2D eigenvalue weighted by Crippen LogP contribution is 2.35. The van der Waals surface area contributed by atoms with E-state index in [0.717, 1.165) is 0 Å². The maximum atomic E-state index is 11.7. The first-order valence-corrected chi connectivity index (χ1v) is 6.34. The molecule has 0 amide bonds. The smallest absolute Gasteiger partial charge is 0.269 e. The molecule has 1 aromatic rings. The van der Waals surface area contributed by atoms with E-state index in [1.165, 1.54) is 22.5 Å². The number of hydrogen-bond acceptors (Lipinski definition) is 4. The van der Waals surface area contributed by atoms with Gasteiger partial charge in [-0.2, -0.15) is 0 Å². The third kappa shape index (κ3) is 1.53. The van der Waals surface area contributed by atoms with Gasteiger partial charge in [0.2, 0.25) is 10.0 Å². The van der Waals surface area contributed by atoms with Gasteiger partial charge in [0.25, 0.3) is 5.69 Å². The van der Waals surface area contributed by atoms with Crippen molar-refractivity contribution in [1.29, 1.82) is 0 Å². The van der Waals surface area contributed by atoms with Gasteiger partial charge in [0, 0.05) is 24.2 Å². The number of anilines is 1. The molecule has 0 unspecified atom stereocenters. The average Bonchev–Trinajstić information content (AvgIpc) is 2.45. The van der Waals surface area contributed by atoms with Gasteiger partial charge >= 0.3 is 0 Å². The molecule has 1 aromatic carbocycles. The summed E-state index contributed by atoms with van der Waals surface area (Å²) >= 11 is 0. The number of nitrogens with zero attached hydrogens (tertiary/aromatic N) is 2. The van der Waals surface area contributed by atoms with Gasteiger partial charge in [-0.1, -0.05) is 0 Å². The minimum atomic E-state index is -3.33. The topological polar surface area (TPSA) is 80.5 Å². The molecule has 0 saturated carbocycles. The molecule has 0 aromatic heterocycles. The molecule has 0 aliphatic carbocycles. The lowest BCUT2D eigenvalue weighted by Crippen LogP contribution is -2.25. The van der Waals surface area contributed by atoms with Crippen LogP contribution in [0, 0.1) is 10.1 Å². The average molecular weight is 242 g/mol. The monoisotopic (exact) mass is 242 g/mol. The van der Waals surface area contributed by atoms with Crippen LogP contribution in [0.4, 0.5) is 11.4 Å². The Bertz CT molecular complexity index is 553. The van der Waals surface area contributed by atoms with Crippen LogP contribution in [-0.2, 0) is 15.8 Å². The zero-order chi connectivity index (χ0) is 11.9. The summed E-state index contributed by atoms with van der Waals surface area (Å²) in [5.74, 6) is -0.155. The second kappa shape index (κ2) is 3.44. The van der Waals surface area contributed by atoms with E-state index in [-0.39, 0.29) is 11.4 Å². The van der Waals surface area contributed by atoms with Crippen LogP contribution in [0.25, 0.3) is 0 Å². The van der Waals surface area contributed by atoms with E-state index in [9.17, 15) is 18.5 Å². The standard InChI is InChI=1S/C9H10N2O4S/c1-2-10-9-4-3-8(11(12)13)5-7(9)6-16(10,14)15/h3-5H,2,6H2,1H3. The van der Waals surface area contributed by atoms with Crippen molar-refractivity contribution >= 4 is 21.4 Å². The predicted molar refractivity (Wildman–Crippen MR) is 58.7 cm³/mol. The highest BCUT2D eigenvalue weighted by atomic mass is 32.2. The lowest BCUT2D eigenvalue weighted by molar-refractivity contribution is -0.384. The predicted octanol–water partition coefficient (Wildman–Crippen LogP) is 1.26. The van der Waals surface area contributed by atoms with Crippen molar-refractivity contribution in [3.05, 3.63) is 33.9 Å². The van der Waals surface area contributed by atoms with Crippen molar-refractivity contribution in [3.63, 3.8) is 0 Å². The normalized spacial score (nSPS) is 17.2. The molecule has 1 heterocycles. The molecule has 1 aliphatic heterocycles. The molecule has 0 saturated heterocycles. The molecule has 6 nitrogen and oxygen atoms in total. The molecule has 7 heteroatoms. The summed E-state index contributed by atoms with van der Waals surface area (Å²) in [6.07, 6.45) is 0. The van der Waals surface area contributed by atoms with Crippen molar-refractivity contribution < 1.29 is 13.3 Å². The number of nitro benzene ring substituents is 1. The van der Waals surface area contributed by atoms with E-state index in [1.807, 2.05) is 0 Å². The molecular formula is C9H10N2O4S. The summed E-state index contributed by atoms with van der Waals surface area (Å²) in [4.78, 5) is 10.0. The number of rotatable bonds is 2.